The minimum absolute atomic E-state index is 0.0570. The van der Waals surface area contributed by atoms with Crippen molar-refractivity contribution in [3.8, 4) is 0 Å². The smallest absolute Gasteiger partial charge is 0.243 e. The van der Waals surface area contributed by atoms with Crippen molar-refractivity contribution >= 4 is 11.6 Å². The van der Waals surface area contributed by atoms with Gasteiger partial charge in [-0.2, -0.15) is 0 Å². The number of anilines is 1. The molecule has 1 spiro atoms. The molecule has 3 heterocycles. The van der Waals surface area contributed by atoms with Crippen molar-refractivity contribution in [2.45, 2.75) is 114 Å². The van der Waals surface area contributed by atoms with E-state index in [9.17, 15) is 4.79 Å². The fourth-order valence-corrected chi connectivity index (χ4v) is 7.65. The molecule has 5 rings (SSSR count). The van der Waals surface area contributed by atoms with E-state index in [1.54, 1.807) is 0 Å². The van der Waals surface area contributed by atoms with Gasteiger partial charge in [0.2, 0.25) is 5.91 Å². The molecule has 1 aliphatic carbocycles. The number of benzene rings is 1. The zero-order chi connectivity index (χ0) is 24.4. The average molecular weight is 482 g/mol. The van der Waals surface area contributed by atoms with Crippen LogP contribution in [0.25, 0.3) is 0 Å². The minimum atomic E-state index is -0.158. The Kier molecular flexibility index (Phi) is 7.71. The predicted molar refractivity (Wildman–Crippen MR) is 144 cm³/mol. The number of likely N-dealkylation sites (N-methyl/N-ethyl adjacent to an activating group) is 1. The Morgan fingerprint density at radius 2 is 1.80 bits per heavy atom. The van der Waals surface area contributed by atoms with Crippen molar-refractivity contribution in [3.63, 3.8) is 0 Å². The summed E-state index contributed by atoms with van der Waals surface area (Å²) in [6.07, 6.45) is 15.2. The Morgan fingerprint density at radius 3 is 2.49 bits per heavy atom. The van der Waals surface area contributed by atoms with E-state index in [1.165, 1.54) is 74.6 Å². The number of aryl methyl sites for hydroxylation is 1. The van der Waals surface area contributed by atoms with Crippen molar-refractivity contribution < 1.29 is 4.79 Å². The average Bonchev–Trinajstić information content (AvgIpc) is 3.45. The Hall–Kier alpha value is -1.63. The number of para-hydroxylation sites is 1. The van der Waals surface area contributed by atoms with Crippen LogP contribution >= 0.6 is 0 Å². The monoisotopic (exact) mass is 481 g/mol. The Labute approximate surface area is 212 Å². The molecule has 6 heteroatoms. The van der Waals surface area contributed by atoms with Crippen LogP contribution in [0.1, 0.15) is 81.8 Å². The first kappa shape index (κ1) is 25.0. The zero-order valence-electron chi connectivity index (χ0n) is 22.2. The highest BCUT2D eigenvalue weighted by Crippen LogP contribution is 2.44. The summed E-state index contributed by atoms with van der Waals surface area (Å²) in [6.45, 7) is 4.27. The van der Waals surface area contributed by atoms with E-state index in [0.717, 1.165) is 32.4 Å². The molecule has 1 aromatic rings. The molecule has 3 fully saturated rings. The maximum absolute atomic E-state index is 13.7. The normalized spacial score (nSPS) is 31.1. The molecule has 1 aromatic carbocycles. The number of nitrogens with one attached hydrogen (secondary N) is 3. The third-order valence-corrected chi connectivity index (χ3v) is 9.24. The van der Waals surface area contributed by atoms with E-state index in [4.69, 9.17) is 0 Å². The summed E-state index contributed by atoms with van der Waals surface area (Å²) in [6, 6.07) is 6.98. The first-order valence-electron chi connectivity index (χ1n) is 14.3. The second-order valence-electron chi connectivity index (χ2n) is 12.0. The van der Waals surface area contributed by atoms with Crippen LogP contribution in [0, 0.1) is 6.92 Å². The standard InChI is InChI=1S/C29H47N5O/c1-21-12-11-13-22-18-24(31-27(21)22)28(35)32-25-14-15-26-30-19-23(20-33(2)3)34(26)29(25)16-9-7-5-4-6-8-10-17-29/h11-13,23-26,30-31H,4-10,14-20H2,1-3H3,(H,32,35). The lowest BCUT2D eigenvalue weighted by atomic mass is 9.72. The quantitative estimate of drug-likeness (QED) is 0.606. The van der Waals surface area contributed by atoms with Crippen LogP contribution in [0.5, 0.6) is 0 Å². The first-order valence-corrected chi connectivity index (χ1v) is 14.3. The molecule has 1 amide bonds. The van der Waals surface area contributed by atoms with Gasteiger partial charge in [-0.15, -0.1) is 0 Å². The summed E-state index contributed by atoms with van der Waals surface area (Å²) < 4.78 is 0. The Balaban J connectivity index is 1.39. The maximum Gasteiger partial charge on any atom is 0.243 e. The summed E-state index contributed by atoms with van der Waals surface area (Å²) >= 11 is 0. The van der Waals surface area contributed by atoms with Crippen LogP contribution in [0.2, 0.25) is 0 Å². The summed E-state index contributed by atoms with van der Waals surface area (Å²) in [5, 5.41) is 11.1. The fraction of sp³-hybridized carbons (Fsp3) is 0.759. The van der Waals surface area contributed by atoms with Gasteiger partial charge in [0.15, 0.2) is 0 Å². The van der Waals surface area contributed by atoms with Crippen LogP contribution in [0.3, 0.4) is 0 Å². The van der Waals surface area contributed by atoms with E-state index in [0.29, 0.717) is 12.2 Å². The van der Waals surface area contributed by atoms with E-state index in [2.05, 4.69) is 65.0 Å². The van der Waals surface area contributed by atoms with Gasteiger partial charge in [0.25, 0.3) is 0 Å². The number of hydrogen-bond donors (Lipinski definition) is 3. The molecule has 6 nitrogen and oxygen atoms in total. The van der Waals surface area contributed by atoms with E-state index < -0.39 is 0 Å². The molecule has 0 bridgehead atoms. The molecule has 4 aliphatic rings. The van der Waals surface area contributed by atoms with Gasteiger partial charge in [0.05, 0.1) is 6.17 Å². The van der Waals surface area contributed by atoms with Gasteiger partial charge >= 0.3 is 0 Å². The van der Waals surface area contributed by atoms with Gasteiger partial charge in [-0.3, -0.25) is 9.69 Å². The summed E-state index contributed by atoms with van der Waals surface area (Å²) in [7, 11) is 4.39. The molecule has 1 saturated carbocycles. The molecule has 35 heavy (non-hydrogen) atoms. The fourth-order valence-electron chi connectivity index (χ4n) is 7.65. The molecule has 0 radical (unpaired) electrons. The second kappa shape index (κ2) is 10.8. The Bertz CT molecular complexity index is 876. The lowest BCUT2D eigenvalue weighted by Gasteiger charge is -2.56. The molecule has 2 saturated heterocycles. The highest BCUT2D eigenvalue weighted by molar-refractivity contribution is 5.88. The van der Waals surface area contributed by atoms with Gasteiger partial charge < -0.3 is 20.9 Å². The molecule has 3 aliphatic heterocycles. The van der Waals surface area contributed by atoms with E-state index in [1.807, 2.05) is 0 Å². The van der Waals surface area contributed by atoms with Gasteiger partial charge in [-0.05, 0) is 57.8 Å². The molecular formula is C29H47N5O. The minimum Gasteiger partial charge on any atom is -0.373 e. The number of piperidine rings is 1. The maximum atomic E-state index is 13.7. The van der Waals surface area contributed by atoms with E-state index in [-0.39, 0.29) is 23.5 Å². The summed E-state index contributed by atoms with van der Waals surface area (Å²) in [5.41, 5.74) is 3.73. The molecule has 3 N–H and O–H groups in total. The third-order valence-electron chi connectivity index (χ3n) is 9.24. The molecular weight excluding hydrogens is 434 g/mol. The van der Waals surface area contributed by atoms with Crippen LogP contribution in [0.4, 0.5) is 5.69 Å². The highest BCUT2D eigenvalue weighted by atomic mass is 16.2. The highest BCUT2D eigenvalue weighted by Gasteiger charge is 2.54. The van der Waals surface area contributed by atoms with Gasteiger partial charge in [-0.1, -0.05) is 63.1 Å². The van der Waals surface area contributed by atoms with Crippen molar-refractivity contribution in [1.82, 2.24) is 20.4 Å². The molecule has 0 aromatic heterocycles. The predicted octanol–water partition coefficient (Wildman–Crippen LogP) is 4.04. The topological polar surface area (TPSA) is 59.6 Å². The SMILES string of the molecule is Cc1cccc2c1NC(C(=O)NC1CCC3NCC(CN(C)C)N3C13CCCCCCCCC3)C2. The number of nitrogens with zero attached hydrogens (tertiary/aromatic N) is 2. The number of carbonyl (C=O) groups is 1. The van der Waals surface area contributed by atoms with Crippen molar-refractivity contribution in [2.75, 3.05) is 32.5 Å². The first-order chi connectivity index (χ1) is 17.0. The third kappa shape index (κ3) is 5.12. The number of carbonyl (C=O) groups excluding carboxylic acids is 1. The van der Waals surface area contributed by atoms with Gasteiger partial charge in [0, 0.05) is 42.8 Å². The number of hydrogen-bond acceptors (Lipinski definition) is 5. The molecule has 4 atom stereocenters. The summed E-state index contributed by atoms with van der Waals surface area (Å²) in [5.74, 6) is 0.192. The van der Waals surface area contributed by atoms with Crippen LogP contribution in [-0.2, 0) is 11.2 Å². The van der Waals surface area contributed by atoms with Crippen molar-refractivity contribution in [3.05, 3.63) is 29.3 Å². The largest absolute Gasteiger partial charge is 0.373 e. The number of fused-ring (bicyclic) bond motifs is 3. The van der Waals surface area contributed by atoms with Crippen LogP contribution < -0.4 is 16.0 Å². The van der Waals surface area contributed by atoms with Crippen molar-refractivity contribution in [1.29, 1.82) is 0 Å². The van der Waals surface area contributed by atoms with Crippen molar-refractivity contribution in [2.24, 2.45) is 0 Å². The Morgan fingerprint density at radius 1 is 1.09 bits per heavy atom. The molecule has 4 unspecified atom stereocenters. The van der Waals surface area contributed by atoms with Gasteiger partial charge in [-0.25, -0.2) is 0 Å². The molecule has 194 valence electrons. The van der Waals surface area contributed by atoms with Crippen LogP contribution in [-0.4, -0.2) is 72.7 Å². The number of rotatable bonds is 4. The lowest BCUT2D eigenvalue weighted by Crippen LogP contribution is -2.70. The second-order valence-corrected chi connectivity index (χ2v) is 12.0. The lowest BCUT2D eigenvalue weighted by molar-refractivity contribution is -0.126. The zero-order valence-corrected chi connectivity index (χ0v) is 22.2. The van der Waals surface area contributed by atoms with Crippen LogP contribution in [0.15, 0.2) is 18.2 Å². The van der Waals surface area contributed by atoms with Gasteiger partial charge in [0.1, 0.15) is 6.04 Å². The summed E-state index contributed by atoms with van der Waals surface area (Å²) in [4.78, 5) is 18.9. The number of amides is 1. The van der Waals surface area contributed by atoms with E-state index >= 15 is 0 Å².